The highest BCUT2D eigenvalue weighted by atomic mass is 127. The van der Waals surface area contributed by atoms with E-state index in [9.17, 15) is 4.79 Å². The number of guanidine groups is 1. The molecule has 0 saturated carbocycles. The summed E-state index contributed by atoms with van der Waals surface area (Å²) in [5.74, 6) is 1.00. The molecule has 1 aromatic rings. The zero-order valence-corrected chi connectivity index (χ0v) is 17.8. The van der Waals surface area contributed by atoms with Crippen LogP contribution in [0.25, 0.3) is 0 Å². The Morgan fingerprint density at radius 1 is 1.38 bits per heavy atom. The maximum Gasteiger partial charge on any atom is 0.225 e. The van der Waals surface area contributed by atoms with Gasteiger partial charge in [-0.05, 0) is 31.7 Å². The lowest BCUT2D eigenvalue weighted by Crippen LogP contribution is -2.45. The van der Waals surface area contributed by atoms with E-state index in [1.807, 2.05) is 30.0 Å². The van der Waals surface area contributed by atoms with Gasteiger partial charge in [0.1, 0.15) is 0 Å². The van der Waals surface area contributed by atoms with Crippen molar-refractivity contribution in [3.63, 3.8) is 0 Å². The smallest absolute Gasteiger partial charge is 0.225 e. The molecule has 3 N–H and O–H groups in total. The van der Waals surface area contributed by atoms with Gasteiger partial charge >= 0.3 is 0 Å². The lowest BCUT2D eigenvalue weighted by Gasteiger charge is -2.27. The number of thioether (sulfide) groups is 1. The Balaban J connectivity index is 0.00000288. The molecule has 1 aliphatic heterocycles. The number of halogens is 1. The second-order valence-electron chi connectivity index (χ2n) is 6.31. The van der Waals surface area contributed by atoms with E-state index >= 15 is 0 Å². The minimum absolute atomic E-state index is 0. The van der Waals surface area contributed by atoms with Crippen molar-refractivity contribution < 1.29 is 4.79 Å². The number of amides is 1. The lowest BCUT2D eigenvalue weighted by atomic mass is 9.90. The van der Waals surface area contributed by atoms with Gasteiger partial charge in [-0.3, -0.25) is 9.79 Å². The molecule has 0 aromatic heterocycles. The fourth-order valence-electron chi connectivity index (χ4n) is 2.49. The Bertz CT molecular complexity index is 592. The van der Waals surface area contributed by atoms with Gasteiger partial charge in [-0.15, -0.1) is 24.0 Å². The zero-order chi connectivity index (χ0) is 16.9. The highest BCUT2D eigenvalue weighted by Gasteiger charge is 2.25. The molecule has 5 nitrogen and oxygen atoms in total. The third-order valence-corrected chi connectivity index (χ3v) is 5.33. The van der Waals surface area contributed by atoms with Crippen LogP contribution >= 0.6 is 35.7 Å². The first kappa shape index (κ1) is 21.1. The summed E-state index contributed by atoms with van der Waals surface area (Å²) < 4.78 is 0.148. The van der Waals surface area contributed by atoms with Crippen LogP contribution in [0, 0.1) is 0 Å². The van der Waals surface area contributed by atoms with Crippen molar-refractivity contribution in [1.82, 2.24) is 10.6 Å². The fourth-order valence-corrected chi connectivity index (χ4v) is 2.71. The SMILES string of the molecule is CN=C(NCC1CC(=O)Nc2ccccc21)NCC(C)(C)SC.I. The summed E-state index contributed by atoms with van der Waals surface area (Å²) in [6.07, 6.45) is 2.60. The van der Waals surface area contributed by atoms with Gasteiger partial charge in [-0.25, -0.2) is 0 Å². The van der Waals surface area contributed by atoms with E-state index in [4.69, 9.17) is 0 Å². The normalized spacial score (nSPS) is 17.4. The van der Waals surface area contributed by atoms with Gasteiger partial charge < -0.3 is 16.0 Å². The number of hydrogen-bond donors (Lipinski definition) is 3. The lowest BCUT2D eigenvalue weighted by molar-refractivity contribution is -0.116. The quantitative estimate of drug-likeness (QED) is 0.358. The molecule has 1 aliphatic rings. The molecule has 1 heterocycles. The molecule has 0 saturated heterocycles. The molecule has 0 fully saturated rings. The number of fused-ring (bicyclic) bond motifs is 1. The van der Waals surface area contributed by atoms with Crippen molar-refractivity contribution in [2.75, 3.05) is 31.7 Å². The van der Waals surface area contributed by atoms with Gasteiger partial charge in [-0.1, -0.05) is 18.2 Å². The van der Waals surface area contributed by atoms with Gasteiger partial charge in [0.2, 0.25) is 5.91 Å². The molecular formula is C17H27IN4OS. The third-order valence-electron chi connectivity index (χ3n) is 4.08. The van der Waals surface area contributed by atoms with Gasteiger partial charge in [-0.2, -0.15) is 11.8 Å². The summed E-state index contributed by atoms with van der Waals surface area (Å²) in [5, 5.41) is 9.63. The molecule has 2 rings (SSSR count). The number of nitrogens with zero attached hydrogens (tertiary/aromatic N) is 1. The molecule has 1 unspecified atom stereocenters. The van der Waals surface area contributed by atoms with E-state index in [2.05, 4.69) is 47.1 Å². The summed E-state index contributed by atoms with van der Waals surface area (Å²) in [7, 11) is 1.77. The average molecular weight is 462 g/mol. The van der Waals surface area contributed by atoms with Crippen LogP contribution in [-0.4, -0.2) is 43.0 Å². The van der Waals surface area contributed by atoms with Crippen LogP contribution in [0.15, 0.2) is 29.3 Å². The van der Waals surface area contributed by atoms with Crippen molar-refractivity contribution in [3.8, 4) is 0 Å². The molecule has 1 atom stereocenters. The first-order valence-electron chi connectivity index (χ1n) is 7.83. The third kappa shape index (κ3) is 5.84. The van der Waals surface area contributed by atoms with E-state index in [1.54, 1.807) is 7.05 Å². The van der Waals surface area contributed by atoms with Crippen LogP contribution in [0.5, 0.6) is 0 Å². The summed E-state index contributed by atoms with van der Waals surface area (Å²) in [6.45, 7) is 5.90. The van der Waals surface area contributed by atoms with Gasteiger partial charge in [0.25, 0.3) is 0 Å². The van der Waals surface area contributed by atoms with E-state index in [-0.39, 0.29) is 40.5 Å². The van der Waals surface area contributed by atoms with Crippen molar-refractivity contribution in [1.29, 1.82) is 0 Å². The number of hydrogen-bond acceptors (Lipinski definition) is 3. The number of para-hydroxylation sites is 1. The first-order valence-corrected chi connectivity index (χ1v) is 9.06. The highest BCUT2D eigenvalue weighted by Crippen LogP contribution is 2.31. The number of aliphatic imine (C=N–C) groups is 1. The number of rotatable bonds is 5. The summed E-state index contributed by atoms with van der Waals surface area (Å²) in [4.78, 5) is 16.1. The predicted molar refractivity (Wildman–Crippen MR) is 115 cm³/mol. The van der Waals surface area contributed by atoms with Crippen LogP contribution in [0.3, 0.4) is 0 Å². The van der Waals surface area contributed by atoms with Crippen molar-refractivity contribution in [2.45, 2.75) is 30.9 Å². The van der Waals surface area contributed by atoms with Gasteiger partial charge in [0.05, 0.1) is 0 Å². The van der Waals surface area contributed by atoms with Crippen LogP contribution in [0.4, 0.5) is 5.69 Å². The maximum atomic E-state index is 11.9. The topological polar surface area (TPSA) is 65.5 Å². The Kier molecular flexibility index (Phi) is 8.35. The van der Waals surface area contributed by atoms with Crippen molar-refractivity contribution >= 4 is 53.3 Å². The maximum absolute atomic E-state index is 11.9. The number of nitrogens with one attached hydrogen (secondary N) is 3. The van der Waals surface area contributed by atoms with Gasteiger partial charge in [0, 0.05) is 42.9 Å². The van der Waals surface area contributed by atoms with Crippen LogP contribution in [0.2, 0.25) is 0 Å². The van der Waals surface area contributed by atoms with Crippen LogP contribution in [0.1, 0.15) is 31.7 Å². The molecule has 1 amide bonds. The monoisotopic (exact) mass is 462 g/mol. The Morgan fingerprint density at radius 2 is 2.08 bits per heavy atom. The highest BCUT2D eigenvalue weighted by molar-refractivity contribution is 14.0. The zero-order valence-electron chi connectivity index (χ0n) is 14.7. The second-order valence-corrected chi connectivity index (χ2v) is 7.82. The Morgan fingerprint density at radius 3 is 2.75 bits per heavy atom. The van der Waals surface area contributed by atoms with Crippen molar-refractivity contribution in [3.05, 3.63) is 29.8 Å². The van der Waals surface area contributed by atoms with Crippen molar-refractivity contribution in [2.24, 2.45) is 4.99 Å². The summed E-state index contributed by atoms with van der Waals surface area (Å²) in [6, 6.07) is 7.98. The van der Waals surface area contributed by atoms with Gasteiger partial charge in [0.15, 0.2) is 5.96 Å². The van der Waals surface area contributed by atoms with E-state index < -0.39 is 0 Å². The molecule has 0 spiro atoms. The molecular weight excluding hydrogens is 435 g/mol. The summed E-state index contributed by atoms with van der Waals surface area (Å²) >= 11 is 1.82. The molecule has 24 heavy (non-hydrogen) atoms. The largest absolute Gasteiger partial charge is 0.356 e. The molecule has 0 aliphatic carbocycles. The summed E-state index contributed by atoms with van der Waals surface area (Å²) in [5.41, 5.74) is 2.10. The first-order chi connectivity index (χ1) is 10.9. The Hall–Kier alpha value is -0.960. The van der Waals surface area contributed by atoms with Crippen LogP contribution in [-0.2, 0) is 4.79 Å². The predicted octanol–water partition coefficient (Wildman–Crippen LogP) is 3.04. The minimum Gasteiger partial charge on any atom is -0.356 e. The number of carbonyl (C=O) groups excluding carboxylic acids is 1. The standard InChI is InChI=1S/C17H26N4OS.HI/c1-17(2,23-4)11-20-16(18-3)19-10-12-9-15(22)21-14-8-6-5-7-13(12)14;/h5-8,12H,9-11H2,1-4H3,(H,21,22)(H2,18,19,20);1H. The molecule has 0 radical (unpaired) electrons. The molecule has 0 bridgehead atoms. The number of anilines is 1. The number of carbonyl (C=O) groups is 1. The fraction of sp³-hybridized carbons (Fsp3) is 0.529. The number of benzene rings is 1. The van der Waals surface area contributed by atoms with E-state index in [0.717, 1.165) is 18.2 Å². The molecule has 134 valence electrons. The van der Waals surface area contributed by atoms with E-state index in [0.29, 0.717) is 13.0 Å². The molecule has 1 aromatic carbocycles. The second kappa shape index (κ2) is 9.50. The minimum atomic E-state index is 0. The average Bonchev–Trinajstić information content (AvgIpc) is 2.54. The van der Waals surface area contributed by atoms with Crippen LogP contribution < -0.4 is 16.0 Å². The molecule has 7 heteroatoms. The van der Waals surface area contributed by atoms with E-state index in [1.165, 1.54) is 5.56 Å². The Labute approximate surface area is 165 Å².